The maximum atomic E-state index is 12.7. The quantitative estimate of drug-likeness (QED) is 0.590. The van der Waals surface area contributed by atoms with Gasteiger partial charge < -0.3 is 5.32 Å². The third-order valence-electron chi connectivity index (χ3n) is 5.84. The molecule has 0 saturated carbocycles. The Kier molecular flexibility index (Phi) is 5.38. The summed E-state index contributed by atoms with van der Waals surface area (Å²) in [6, 6.07) is 14.0. The standard InChI is InChI=1S/C22H25BrN2O2S/c1-3-14(2)25-28(26,27)17-11-12-21-20(13-17)18-5-4-6-19(18)22(24-21)15-7-9-16(23)10-8-15/h4-5,7-14,18-19,22,24-25H,3,6H2,1-2H3. The number of nitrogens with one attached hydrogen (secondary N) is 2. The van der Waals surface area contributed by atoms with Gasteiger partial charge in [-0.3, -0.25) is 0 Å². The Morgan fingerprint density at radius 2 is 1.96 bits per heavy atom. The number of sulfonamides is 1. The molecule has 2 aliphatic rings. The van der Waals surface area contributed by atoms with Gasteiger partial charge in [0.25, 0.3) is 0 Å². The van der Waals surface area contributed by atoms with Crippen molar-refractivity contribution in [3.8, 4) is 0 Å². The largest absolute Gasteiger partial charge is 0.378 e. The van der Waals surface area contributed by atoms with E-state index in [1.54, 1.807) is 6.07 Å². The average molecular weight is 461 g/mol. The van der Waals surface area contributed by atoms with Crippen LogP contribution in [0.25, 0.3) is 0 Å². The van der Waals surface area contributed by atoms with Crippen molar-refractivity contribution in [3.05, 3.63) is 70.2 Å². The molecule has 2 aromatic rings. The molecule has 148 valence electrons. The predicted octanol–water partition coefficient (Wildman–Crippen LogP) is 5.35. The highest BCUT2D eigenvalue weighted by atomic mass is 79.9. The molecule has 2 aromatic carbocycles. The van der Waals surface area contributed by atoms with E-state index in [2.05, 4.69) is 62.4 Å². The summed E-state index contributed by atoms with van der Waals surface area (Å²) >= 11 is 3.50. The summed E-state index contributed by atoms with van der Waals surface area (Å²) in [7, 11) is -3.51. The Balaban J connectivity index is 1.70. The highest BCUT2D eigenvalue weighted by Gasteiger charge is 2.38. The van der Waals surface area contributed by atoms with Gasteiger partial charge in [-0.1, -0.05) is 47.1 Å². The first-order valence-electron chi connectivity index (χ1n) is 9.74. The Morgan fingerprint density at radius 1 is 1.21 bits per heavy atom. The molecule has 1 aliphatic carbocycles. The zero-order valence-corrected chi connectivity index (χ0v) is 18.4. The highest BCUT2D eigenvalue weighted by molar-refractivity contribution is 9.10. The van der Waals surface area contributed by atoms with Crippen molar-refractivity contribution >= 4 is 31.6 Å². The van der Waals surface area contributed by atoms with Gasteiger partial charge in [0.05, 0.1) is 10.9 Å². The summed E-state index contributed by atoms with van der Waals surface area (Å²) in [5.74, 6) is 0.609. The third-order valence-corrected chi connectivity index (χ3v) is 7.96. The molecule has 1 heterocycles. The van der Waals surface area contributed by atoms with E-state index in [1.165, 1.54) is 5.56 Å². The minimum atomic E-state index is -3.51. The Labute approximate surface area is 175 Å². The summed E-state index contributed by atoms with van der Waals surface area (Å²) in [6.45, 7) is 3.86. The van der Waals surface area contributed by atoms with Crippen LogP contribution >= 0.6 is 15.9 Å². The van der Waals surface area contributed by atoms with Crippen LogP contribution in [0, 0.1) is 5.92 Å². The minimum absolute atomic E-state index is 0.0833. The van der Waals surface area contributed by atoms with Crippen molar-refractivity contribution in [2.24, 2.45) is 5.92 Å². The van der Waals surface area contributed by atoms with Gasteiger partial charge in [0.2, 0.25) is 10.0 Å². The molecule has 1 aliphatic heterocycles. The predicted molar refractivity (Wildman–Crippen MR) is 117 cm³/mol. The van der Waals surface area contributed by atoms with E-state index in [4.69, 9.17) is 0 Å². The molecule has 4 nitrogen and oxygen atoms in total. The van der Waals surface area contributed by atoms with E-state index in [1.807, 2.05) is 26.0 Å². The van der Waals surface area contributed by atoms with Crippen molar-refractivity contribution in [1.29, 1.82) is 0 Å². The van der Waals surface area contributed by atoms with Crippen molar-refractivity contribution in [2.75, 3.05) is 5.32 Å². The van der Waals surface area contributed by atoms with E-state index in [0.717, 1.165) is 28.6 Å². The number of anilines is 1. The second-order valence-corrected chi connectivity index (χ2v) is 10.3. The van der Waals surface area contributed by atoms with Crippen LogP contribution in [0.1, 0.15) is 49.8 Å². The normalized spacial score (nSPS) is 24.3. The van der Waals surface area contributed by atoms with Crippen molar-refractivity contribution in [3.63, 3.8) is 0 Å². The van der Waals surface area contributed by atoms with Gasteiger partial charge in [-0.25, -0.2) is 13.1 Å². The first kappa shape index (κ1) is 19.7. The van der Waals surface area contributed by atoms with Crippen molar-refractivity contribution in [2.45, 2.75) is 49.6 Å². The molecule has 0 fully saturated rings. The molecule has 0 saturated heterocycles. The average Bonchev–Trinajstić information content (AvgIpc) is 3.17. The SMILES string of the molecule is CCC(C)NS(=O)(=O)c1ccc2c(c1)C1C=CCC1C(c1ccc(Br)cc1)N2. The Morgan fingerprint density at radius 3 is 2.68 bits per heavy atom. The maximum absolute atomic E-state index is 12.7. The molecule has 0 bridgehead atoms. The molecule has 4 atom stereocenters. The molecule has 4 rings (SSSR count). The van der Waals surface area contributed by atoms with Crippen LogP contribution in [-0.4, -0.2) is 14.5 Å². The number of hydrogen-bond acceptors (Lipinski definition) is 3. The van der Waals surface area contributed by atoms with Crippen LogP contribution in [0.5, 0.6) is 0 Å². The maximum Gasteiger partial charge on any atom is 0.240 e. The summed E-state index contributed by atoms with van der Waals surface area (Å²) in [4.78, 5) is 0.342. The fourth-order valence-electron chi connectivity index (χ4n) is 4.16. The third kappa shape index (κ3) is 3.65. The lowest BCUT2D eigenvalue weighted by atomic mass is 9.77. The molecule has 0 radical (unpaired) electrons. The molecule has 6 heteroatoms. The fraction of sp³-hybridized carbons (Fsp3) is 0.364. The number of halogens is 1. The van der Waals surface area contributed by atoms with Crippen LogP contribution in [0.3, 0.4) is 0 Å². The molecule has 2 N–H and O–H groups in total. The first-order valence-corrected chi connectivity index (χ1v) is 12.0. The van der Waals surface area contributed by atoms with Crippen LogP contribution in [-0.2, 0) is 10.0 Å². The van der Waals surface area contributed by atoms with E-state index in [9.17, 15) is 8.42 Å². The number of hydrogen-bond donors (Lipinski definition) is 2. The summed E-state index contributed by atoms with van der Waals surface area (Å²) in [5, 5.41) is 3.66. The topological polar surface area (TPSA) is 58.2 Å². The molecular weight excluding hydrogens is 436 g/mol. The van der Waals surface area contributed by atoms with Crippen LogP contribution in [0.4, 0.5) is 5.69 Å². The van der Waals surface area contributed by atoms with Gasteiger partial charge >= 0.3 is 0 Å². The zero-order valence-electron chi connectivity index (χ0n) is 16.0. The van der Waals surface area contributed by atoms with Crippen molar-refractivity contribution in [1.82, 2.24) is 4.72 Å². The molecule has 0 aromatic heterocycles. The van der Waals surface area contributed by atoms with Gasteiger partial charge in [0, 0.05) is 22.1 Å². The van der Waals surface area contributed by atoms with E-state index in [0.29, 0.717) is 10.8 Å². The highest BCUT2D eigenvalue weighted by Crippen LogP contribution is 2.50. The molecule has 0 spiro atoms. The Bertz CT molecular complexity index is 1000. The van der Waals surface area contributed by atoms with Crippen LogP contribution in [0.2, 0.25) is 0 Å². The van der Waals surface area contributed by atoms with Crippen LogP contribution in [0.15, 0.2) is 64.0 Å². The Hall–Kier alpha value is -1.63. The first-order chi connectivity index (χ1) is 13.4. The fourth-order valence-corrected chi connectivity index (χ4v) is 5.78. The lowest BCUT2D eigenvalue weighted by Gasteiger charge is -2.37. The van der Waals surface area contributed by atoms with E-state index in [-0.39, 0.29) is 18.0 Å². The number of rotatable bonds is 5. The van der Waals surface area contributed by atoms with E-state index >= 15 is 0 Å². The van der Waals surface area contributed by atoms with Gasteiger partial charge in [-0.05, 0) is 67.1 Å². The second kappa shape index (κ2) is 7.65. The minimum Gasteiger partial charge on any atom is -0.378 e. The second-order valence-electron chi connectivity index (χ2n) is 7.71. The van der Waals surface area contributed by atoms with Crippen LogP contribution < -0.4 is 10.0 Å². The number of fused-ring (bicyclic) bond motifs is 3. The van der Waals surface area contributed by atoms with Gasteiger partial charge in [0.15, 0.2) is 0 Å². The number of benzene rings is 2. The monoisotopic (exact) mass is 460 g/mol. The van der Waals surface area contributed by atoms with Crippen molar-refractivity contribution < 1.29 is 8.42 Å². The van der Waals surface area contributed by atoms with Gasteiger partial charge in [-0.15, -0.1) is 0 Å². The molecule has 0 amide bonds. The summed E-state index contributed by atoms with van der Waals surface area (Å²) in [5.41, 5.74) is 3.34. The summed E-state index contributed by atoms with van der Waals surface area (Å²) < 4.78 is 29.3. The summed E-state index contributed by atoms with van der Waals surface area (Å²) in [6.07, 6.45) is 6.19. The zero-order chi connectivity index (χ0) is 19.9. The lowest BCUT2D eigenvalue weighted by Crippen LogP contribution is -2.33. The number of allylic oxidation sites excluding steroid dienone is 2. The smallest absolute Gasteiger partial charge is 0.240 e. The molecule has 4 unspecified atom stereocenters. The van der Waals surface area contributed by atoms with Gasteiger partial charge in [-0.2, -0.15) is 0 Å². The van der Waals surface area contributed by atoms with Gasteiger partial charge in [0.1, 0.15) is 0 Å². The lowest BCUT2D eigenvalue weighted by molar-refractivity contribution is 0.425. The molecule has 28 heavy (non-hydrogen) atoms. The van der Waals surface area contributed by atoms with E-state index < -0.39 is 10.0 Å². The molecular formula is C22H25BrN2O2S.